The first-order valence-electron chi connectivity index (χ1n) is 7.48. The molecule has 1 aromatic heterocycles. The molecule has 6 heteroatoms. The molecule has 0 aliphatic heterocycles. The minimum atomic E-state index is -0.854. The molecule has 0 aliphatic carbocycles. The van der Waals surface area contributed by atoms with Crippen molar-refractivity contribution in [1.82, 2.24) is 10.6 Å². The van der Waals surface area contributed by atoms with Crippen LogP contribution in [-0.4, -0.2) is 23.7 Å². The topological polar surface area (TPSA) is 78.4 Å². The first-order chi connectivity index (χ1) is 11.1. The predicted octanol–water partition coefficient (Wildman–Crippen LogP) is 3.20. The first-order valence-corrected chi connectivity index (χ1v) is 8.36. The van der Waals surface area contributed by atoms with E-state index in [1.54, 1.807) is 11.3 Å². The molecule has 0 saturated heterocycles. The summed E-state index contributed by atoms with van der Waals surface area (Å²) in [6.07, 6.45) is 1.19. The van der Waals surface area contributed by atoms with Gasteiger partial charge in [-0.1, -0.05) is 36.4 Å². The van der Waals surface area contributed by atoms with Gasteiger partial charge in [-0.25, -0.2) is 4.79 Å². The second-order valence-electron chi connectivity index (χ2n) is 5.16. The van der Waals surface area contributed by atoms with E-state index in [9.17, 15) is 9.59 Å². The van der Waals surface area contributed by atoms with Gasteiger partial charge in [-0.05, 0) is 29.9 Å². The number of carboxylic acid groups (broad SMARTS) is 1. The van der Waals surface area contributed by atoms with Crippen LogP contribution in [0.25, 0.3) is 0 Å². The molecule has 23 heavy (non-hydrogen) atoms. The van der Waals surface area contributed by atoms with Crippen molar-refractivity contribution in [3.63, 3.8) is 0 Å². The second-order valence-corrected chi connectivity index (χ2v) is 6.13. The number of carbonyl (C=O) groups is 2. The SMILES string of the molecule is O=C(O)CCCNC(=O)NC(Cc1ccccc1)c1cccs1. The van der Waals surface area contributed by atoms with Crippen molar-refractivity contribution in [2.24, 2.45) is 0 Å². The zero-order chi connectivity index (χ0) is 16.5. The quantitative estimate of drug-likeness (QED) is 0.650. The number of urea groups is 1. The van der Waals surface area contributed by atoms with Gasteiger partial charge >= 0.3 is 12.0 Å². The van der Waals surface area contributed by atoms with Crippen molar-refractivity contribution in [3.8, 4) is 0 Å². The van der Waals surface area contributed by atoms with Crippen LogP contribution in [-0.2, 0) is 11.2 Å². The van der Waals surface area contributed by atoms with Crippen LogP contribution in [0.4, 0.5) is 4.79 Å². The Morgan fingerprint density at radius 1 is 1.13 bits per heavy atom. The van der Waals surface area contributed by atoms with E-state index in [0.717, 1.165) is 10.4 Å². The molecule has 3 N–H and O–H groups in total. The number of hydrogen-bond acceptors (Lipinski definition) is 3. The van der Waals surface area contributed by atoms with Gasteiger partial charge in [0.05, 0.1) is 6.04 Å². The molecule has 2 aromatic rings. The lowest BCUT2D eigenvalue weighted by Crippen LogP contribution is -2.39. The van der Waals surface area contributed by atoms with Crippen molar-refractivity contribution < 1.29 is 14.7 Å². The number of benzene rings is 1. The summed E-state index contributed by atoms with van der Waals surface area (Å²) in [5, 5.41) is 16.2. The smallest absolute Gasteiger partial charge is 0.315 e. The summed E-state index contributed by atoms with van der Waals surface area (Å²) in [5.74, 6) is -0.854. The zero-order valence-electron chi connectivity index (χ0n) is 12.7. The Bertz CT molecular complexity index is 614. The maximum atomic E-state index is 12.0. The van der Waals surface area contributed by atoms with Gasteiger partial charge in [0.2, 0.25) is 0 Å². The fourth-order valence-corrected chi connectivity index (χ4v) is 2.99. The Hall–Kier alpha value is -2.34. The summed E-state index contributed by atoms with van der Waals surface area (Å²) in [6, 6.07) is 13.6. The average molecular weight is 332 g/mol. The third-order valence-corrected chi connectivity index (χ3v) is 4.31. The molecule has 0 fully saturated rings. The summed E-state index contributed by atoms with van der Waals surface area (Å²) in [7, 11) is 0. The molecule has 5 nitrogen and oxygen atoms in total. The van der Waals surface area contributed by atoms with Crippen LogP contribution in [0.15, 0.2) is 47.8 Å². The first kappa shape index (κ1) is 17.0. The van der Waals surface area contributed by atoms with Gasteiger partial charge in [0, 0.05) is 17.8 Å². The number of thiophene rings is 1. The molecule has 1 heterocycles. The maximum Gasteiger partial charge on any atom is 0.315 e. The Kier molecular flexibility index (Phi) is 6.62. The highest BCUT2D eigenvalue weighted by atomic mass is 32.1. The summed E-state index contributed by atoms with van der Waals surface area (Å²) in [6.45, 7) is 0.348. The van der Waals surface area contributed by atoms with Crippen molar-refractivity contribution >= 4 is 23.3 Å². The maximum absolute atomic E-state index is 12.0. The highest BCUT2D eigenvalue weighted by Gasteiger charge is 2.16. The lowest BCUT2D eigenvalue weighted by atomic mass is 10.0. The number of carbonyl (C=O) groups excluding carboxylic acids is 1. The molecule has 0 spiro atoms. The van der Waals surface area contributed by atoms with E-state index in [-0.39, 0.29) is 18.5 Å². The monoisotopic (exact) mass is 332 g/mol. The van der Waals surface area contributed by atoms with Crippen molar-refractivity contribution in [3.05, 3.63) is 58.3 Å². The molecule has 0 radical (unpaired) electrons. The lowest BCUT2D eigenvalue weighted by molar-refractivity contribution is -0.137. The molecule has 0 saturated carbocycles. The lowest BCUT2D eigenvalue weighted by Gasteiger charge is -2.18. The summed E-state index contributed by atoms with van der Waals surface area (Å²) in [5.41, 5.74) is 1.15. The van der Waals surface area contributed by atoms with E-state index in [1.807, 2.05) is 47.8 Å². The van der Waals surface area contributed by atoms with Crippen LogP contribution in [0.2, 0.25) is 0 Å². The van der Waals surface area contributed by atoms with Crippen LogP contribution in [0.1, 0.15) is 29.3 Å². The highest BCUT2D eigenvalue weighted by molar-refractivity contribution is 7.10. The van der Waals surface area contributed by atoms with E-state index >= 15 is 0 Å². The summed E-state index contributed by atoms with van der Waals surface area (Å²) in [4.78, 5) is 23.6. The van der Waals surface area contributed by atoms with Gasteiger partial charge in [-0.3, -0.25) is 4.79 Å². The Morgan fingerprint density at radius 3 is 2.57 bits per heavy atom. The fourth-order valence-electron chi connectivity index (χ4n) is 2.21. The van der Waals surface area contributed by atoms with E-state index in [1.165, 1.54) is 0 Å². The largest absolute Gasteiger partial charge is 0.481 e. The average Bonchev–Trinajstić information content (AvgIpc) is 3.06. The number of nitrogens with one attached hydrogen (secondary N) is 2. The predicted molar refractivity (Wildman–Crippen MR) is 90.6 cm³/mol. The molecule has 2 amide bonds. The van der Waals surface area contributed by atoms with E-state index < -0.39 is 5.97 Å². The van der Waals surface area contributed by atoms with Crippen LogP contribution in [0, 0.1) is 0 Å². The van der Waals surface area contributed by atoms with Crippen LogP contribution in [0.5, 0.6) is 0 Å². The van der Waals surface area contributed by atoms with Gasteiger partial charge in [0.1, 0.15) is 0 Å². The van der Waals surface area contributed by atoms with Gasteiger partial charge in [0.15, 0.2) is 0 Å². The standard InChI is InChI=1S/C17H20N2O3S/c20-16(21)9-4-10-18-17(22)19-14(15-8-5-11-23-15)12-13-6-2-1-3-7-13/h1-3,5-8,11,14H,4,9-10,12H2,(H,20,21)(H2,18,19,22). The number of hydrogen-bond donors (Lipinski definition) is 3. The molecule has 0 aliphatic rings. The van der Waals surface area contributed by atoms with Gasteiger partial charge in [-0.15, -0.1) is 11.3 Å². The number of rotatable bonds is 8. The summed E-state index contributed by atoms with van der Waals surface area (Å²) < 4.78 is 0. The van der Waals surface area contributed by atoms with Crippen molar-refractivity contribution in [2.75, 3.05) is 6.54 Å². The van der Waals surface area contributed by atoms with Crippen LogP contribution in [0.3, 0.4) is 0 Å². The molecule has 1 atom stereocenters. The van der Waals surface area contributed by atoms with E-state index in [2.05, 4.69) is 10.6 Å². The van der Waals surface area contributed by atoms with Crippen LogP contribution >= 0.6 is 11.3 Å². The van der Waals surface area contributed by atoms with Crippen LogP contribution < -0.4 is 10.6 Å². The zero-order valence-corrected chi connectivity index (χ0v) is 13.5. The van der Waals surface area contributed by atoms with Crippen molar-refractivity contribution in [2.45, 2.75) is 25.3 Å². The number of amides is 2. The van der Waals surface area contributed by atoms with Crippen molar-refractivity contribution in [1.29, 1.82) is 0 Å². The molecule has 1 unspecified atom stereocenters. The third kappa shape index (κ3) is 6.12. The Morgan fingerprint density at radius 2 is 1.91 bits per heavy atom. The second kappa shape index (κ2) is 8.95. The fraction of sp³-hybridized carbons (Fsp3) is 0.294. The summed E-state index contributed by atoms with van der Waals surface area (Å²) >= 11 is 1.60. The normalized spacial score (nSPS) is 11.7. The van der Waals surface area contributed by atoms with Gasteiger partial charge in [0.25, 0.3) is 0 Å². The highest BCUT2D eigenvalue weighted by Crippen LogP contribution is 2.22. The molecule has 0 bridgehead atoms. The minimum Gasteiger partial charge on any atom is -0.481 e. The molecule has 2 rings (SSSR count). The molecular weight excluding hydrogens is 312 g/mol. The Labute approximate surface area is 139 Å². The number of carboxylic acids is 1. The third-order valence-electron chi connectivity index (χ3n) is 3.33. The Balaban J connectivity index is 1.90. The molecule has 1 aromatic carbocycles. The van der Waals surface area contributed by atoms with E-state index in [4.69, 9.17) is 5.11 Å². The minimum absolute atomic E-state index is 0.0542. The number of aliphatic carboxylic acids is 1. The van der Waals surface area contributed by atoms with Gasteiger partial charge < -0.3 is 15.7 Å². The van der Waals surface area contributed by atoms with Gasteiger partial charge in [-0.2, -0.15) is 0 Å². The molecular formula is C17H20N2O3S. The van der Waals surface area contributed by atoms with E-state index in [0.29, 0.717) is 19.4 Å². The molecule has 122 valence electrons.